The highest BCUT2D eigenvalue weighted by Crippen LogP contribution is 2.34. The van der Waals surface area contributed by atoms with Gasteiger partial charge in [-0.05, 0) is 61.7 Å². The Morgan fingerprint density at radius 1 is 0.837 bits per heavy atom. The number of nitrogens with one attached hydrogen (secondary N) is 1. The van der Waals surface area contributed by atoms with E-state index >= 15 is 0 Å². The van der Waals surface area contributed by atoms with E-state index in [4.69, 9.17) is 14.2 Å². The lowest BCUT2D eigenvalue weighted by Gasteiger charge is -2.34. The van der Waals surface area contributed by atoms with E-state index in [-0.39, 0.29) is 29.1 Å². The summed E-state index contributed by atoms with van der Waals surface area (Å²) < 4.78 is 45.1. The van der Waals surface area contributed by atoms with Gasteiger partial charge in [0.2, 0.25) is 11.8 Å². The highest BCUT2D eigenvalue weighted by molar-refractivity contribution is 7.92. The van der Waals surface area contributed by atoms with Crippen LogP contribution in [0.5, 0.6) is 17.2 Å². The molecule has 0 fully saturated rings. The Labute approximate surface area is 254 Å². The Bertz CT molecular complexity index is 1460. The van der Waals surface area contributed by atoms with Crippen molar-refractivity contribution in [3.63, 3.8) is 0 Å². The van der Waals surface area contributed by atoms with Crippen LogP contribution in [0.3, 0.4) is 0 Å². The molecule has 0 saturated carbocycles. The summed E-state index contributed by atoms with van der Waals surface area (Å²) in [6.45, 7) is 5.20. The molecule has 1 N–H and O–H groups in total. The number of ether oxygens (including phenoxy) is 3. The summed E-state index contributed by atoms with van der Waals surface area (Å²) in [7, 11) is 0.274. The first-order chi connectivity index (χ1) is 20.6. The first-order valence-electron chi connectivity index (χ1n) is 14.1. The van der Waals surface area contributed by atoms with Gasteiger partial charge in [-0.3, -0.25) is 13.9 Å². The number of rotatable bonds is 15. The molecule has 0 unspecified atom stereocenters. The minimum atomic E-state index is -4.21. The minimum absolute atomic E-state index is 0.0147. The van der Waals surface area contributed by atoms with E-state index in [1.807, 2.05) is 32.9 Å². The lowest BCUT2D eigenvalue weighted by molar-refractivity contribution is -0.140. The van der Waals surface area contributed by atoms with Gasteiger partial charge >= 0.3 is 0 Å². The number of methoxy groups -OCH3 is 3. The minimum Gasteiger partial charge on any atom is -0.497 e. The van der Waals surface area contributed by atoms with Crippen LogP contribution < -0.4 is 23.8 Å². The van der Waals surface area contributed by atoms with Gasteiger partial charge in [0.25, 0.3) is 10.0 Å². The SMILES string of the molecule is CC[C@H](C)NC(=O)[C@H](CC)N(Cc1ccc(OC)cc1)C(=O)CN(c1ccc(OC)c(OC)c1)S(=O)(=O)c1ccccc1. The van der Waals surface area contributed by atoms with Crippen LogP contribution in [0.1, 0.15) is 39.2 Å². The van der Waals surface area contributed by atoms with E-state index in [0.717, 1.165) is 16.3 Å². The van der Waals surface area contributed by atoms with E-state index in [2.05, 4.69) is 5.32 Å². The Balaban J connectivity index is 2.10. The molecule has 232 valence electrons. The van der Waals surface area contributed by atoms with Gasteiger partial charge in [0.15, 0.2) is 11.5 Å². The average molecular weight is 612 g/mol. The predicted octanol–water partition coefficient (Wildman–Crippen LogP) is 4.63. The van der Waals surface area contributed by atoms with E-state index < -0.39 is 28.5 Å². The van der Waals surface area contributed by atoms with Crippen LogP contribution in [-0.2, 0) is 26.2 Å². The Kier molecular flexibility index (Phi) is 11.8. The zero-order valence-corrected chi connectivity index (χ0v) is 26.4. The van der Waals surface area contributed by atoms with Gasteiger partial charge in [-0.1, -0.05) is 44.2 Å². The molecule has 0 aliphatic carbocycles. The van der Waals surface area contributed by atoms with Gasteiger partial charge in [0.1, 0.15) is 18.3 Å². The Morgan fingerprint density at radius 2 is 1.49 bits per heavy atom. The predicted molar refractivity (Wildman–Crippen MR) is 166 cm³/mol. The van der Waals surface area contributed by atoms with Gasteiger partial charge in [0, 0.05) is 18.7 Å². The van der Waals surface area contributed by atoms with Crippen molar-refractivity contribution in [1.82, 2.24) is 10.2 Å². The maximum absolute atomic E-state index is 14.2. The number of carbonyl (C=O) groups is 2. The smallest absolute Gasteiger partial charge is 0.264 e. The Morgan fingerprint density at radius 3 is 2.05 bits per heavy atom. The summed E-state index contributed by atoms with van der Waals surface area (Å²) in [6.07, 6.45) is 1.04. The molecule has 0 bridgehead atoms. The van der Waals surface area contributed by atoms with Crippen molar-refractivity contribution in [2.75, 3.05) is 32.2 Å². The summed E-state index contributed by atoms with van der Waals surface area (Å²) in [6, 6.07) is 18.7. The number of benzene rings is 3. The van der Waals surface area contributed by atoms with Crippen molar-refractivity contribution in [3.05, 3.63) is 78.4 Å². The van der Waals surface area contributed by atoms with Gasteiger partial charge in [-0.2, -0.15) is 0 Å². The van der Waals surface area contributed by atoms with E-state index in [9.17, 15) is 18.0 Å². The fraction of sp³-hybridized carbons (Fsp3) is 0.375. The van der Waals surface area contributed by atoms with Crippen molar-refractivity contribution in [2.24, 2.45) is 0 Å². The van der Waals surface area contributed by atoms with Crippen molar-refractivity contribution in [3.8, 4) is 17.2 Å². The molecule has 2 atom stereocenters. The zero-order chi connectivity index (χ0) is 31.6. The number of hydrogen-bond acceptors (Lipinski definition) is 7. The topological polar surface area (TPSA) is 114 Å². The summed E-state index contributed by atoms with van der Waals surface area (Å²) in [5.74, 6) is 0.508. The monoisotopic (exact) mass is 611 g/mol. The van der Waals surface area contributed by atoms with Crippen molar-refractivity contribution in [2.45, 2.75) is 57.1 Å². The number of hydrogen-bond donors (Lipinski definition) is 1. The molecule has 0 aliphatic rings. The van der Waals surface area contributed by atoms with Crippen molar-refractivity contribution < 1.29 is 32.2 Å². The molecule has 0 spiro atoms. The molecule has 11 heteroatoms. The van der Waals surface area contributed by atoms with Crippen molar-refractivity contribution >= 4 is 27.5 Å². The van der Waals surface area contributed by atoms with E-state index in [1.165, 1.54) is 37.3 Å². The van der Waals surface area contributed by atoms with Gasteiger partial charge < -0.3 is 24.4 Å². The standard InChI is InChI=1S/C32H41N3O7S/c1-7-23(3)33-32(37)28(8-2)34(21-24-14-17-26(40-4)18-15-24)31(36)22-35(43(38,39)27-12-10-9-11-13-27)25-16-19-29(41-5)30(20-25)42-6/h9-20,23,28H,7-8,21-22H2,1-6H3,(H,33,37)/t23-,28-/m0/s1. The van der Waals surface area contributed by atoms with Gasteiger partial charge in [-0.25, -0.2) is 8.42 Å². The molecule has 0 aromatic heterocycles. The lowest BCUT2D eigenvalue weighted by Crippen LogP contribution is -2.53. The molecule has 0 heterocycles. The number of anilines is 1. The second-order valence-corrected chi connectivity index (χ2v) is 11.8. The number of nitrogens with zero attached hydrogens (tertiary/aromatic N) is 2. The molecule has 3 aromatic rings. The summed E-state index contributed by atoms with van der Waals surface area (Å²) >= 11 is 0. The van der Waals surface area contributed by atoms with Crippen LogP contribution >= 0.6 is 0 Å². The van der Waals surface area contributed by atoms with Crippen LogP contribution in [0.25, 0.3) is 0 Å². The molecule has 3 aromatic carbocycles. The molecule has 10 nitrogen and oxygen atoms in total. The van der Waals surface area contributed by atoms with Gasteiger partial charge in [0.05, 0.1) is 31.9 Å². The Hall–Kier alpha value is -4.25. The molecular formula is C32H41N3O7S. The fourth-order valence-electron chi connectivity index (χ4n) is 4.52. The van der Waals surface area contributed by atoms with Crippen molar-refractivity contribution in [1.29, 1.82) is 0 Å². The first kappa shape index (κ1) is 33.3. The molecular weight excluding hydrogens is 570 g/mol. The largest absolute Gasteiger partial charge is 0.497 e. The lowest BCUT2D eigenvalue weighted by atomic mass is 10.1. The number of sulfonamides is 1. The molecule has 0 saturated heterocycles. The quantitative estimate of drug-likeness (QED) is 0.267. The highest BCUT2D eigenvalue weighted by Gasteiger charge is 2.34. The zero-order valence-electron chi connectivity index (χ0n) is 25.6. The average Bonchev–Trinajstić information content (AvgIpc) is 3.03. The maximum atomic E-state index is 14.2. The molecule has 3 rings (SSSR count). The van der Waals surface area contributed by atoms with Gasteiger partial charge in [-0.15, -0.1) is 0 Å². The van der Waals surface area contributed by atoms with Crippen LogP contribution in [0.15, 0.2) is 77.7 Å². The second-order valence-electron chi connectivity index (χ2n) is 9.98. The third kappa shape index (κ3) is 8.19. The maximum Gasteiger partial charge on any atom is 0.264 e. The third-order valence-corrected chi connectivity index (χ3v) is 8.95. The third-order valence-electron chi connectivity index (χ3n) is 7.16. The molecule has 0 radical (unpaired) electrons. The van der Waals surface area contributed by atoms with Crippen LogP contribution in [0, 0.1) is 0 Å². The summed E-state index contributed by atoms with van der Waals surface area (Å²) in [4.78, 5) is 29.1. The van der Waals surface area contributed by atoms with Crippen LogP contribution in [0.2, 0.25) is 0 Å². The second kappa shape index (κ2) is 15.3. The normalized spacial score (nSPS) is 12.5. The first-order valence-corrected chi connectivity index (χ1v) is 15.6. The van der Waals surface area contributed by atoms with E-state index in [0.29, 0.717) is 23.7 Å². The van der Waals surface area contributed by atoms with Crippen LogP contribution in [-0.4, -0.2) is 65.1 Å². The number of carbonyl (C=O) groups excluding carboxylic acids is 2. The van der Waals surface area contributed by atoms with E-state index in [1.54, 1.807) is 49.6 Å². The highest BCUT2D eigenvalue weighted by atomic mass is 32.2. The number of amides is 2. The molecule has 2 amide bonds. The van der Waals surface area contributed by atoms with Crippen LogP contribution in [0.4, 0.5) is 5.69 Å². The summed E-state index contributed by atoms with van der Waals surface area (Å²) in [5.41, 5.74) is 0.962. The molecule has 43 heavy (non-hydrogen) atoms. The fourth-order valence-corrected chi connectivity index (χ4v) is 5.94. The molecule has 0 aliphatic heterocycles. The summed E-state index contributed by atoms with van der Waals surface area (Å²) in [5, 5.41) is 2.97.